The van der Waals surface area contributed by atoms with Crippen molar-refractivity contribution in [1.82, 2.24) is 5.32 Å². The summed E-state index contributed by atoms with van der Waals surface area (Å²) in [4.78, 5) is 10.1. The third-order valence-electron chi connectivity index (χ3n) is 3.72. The van der Waals surface area contributed by atoms with E-state index in [-0.39, 0.29) is 18.4 Å². The van der Waals surface area contributed by atoms with E-state index >= 15 is 0 Å². The molecule has 0 atom stereocenters. The molecule has 1 saturated carbocycles. The third-order valence-corrected chi connectivity index (χ3v) is 3.72. The maximum Gasteiger partial charge on any atom is 0.272 e. The van der Waals surface area contributed by atoms with Crippen molar-refractivity contribution in [3.63, 3.8) is 0 Å². The van der Waals surface area contributed by atoms with Crippen molar-refractivity contribution < 1.29 is 14.1 Å². The number of benzene rings is 1. The molecule has 1 N–H and O–H groups in total. The van der Waals surface area contributed by atoms with E-state index in [1.165, 1.54) is 12.1 Å². The summed E-state index contributed by atoms with van der Waals surface area (Å²) in [5, 5.41) is 13.9. The number of halogens is 1. The second-order valence-corrected chi connectivity index (χ2v) is 5.15. The standard InChI is InChI=1S/C14H19FN2O3/c1-16-12-2-4-14(5-3-12)20-9-10-6-11(15)8-13(7-10)17(18)19/h6-8,12,14,16H,2-5,9H2,1H3. The fourth-order valence-corrected chi connectivity index (χ4v) is 2.55. The summed E-state index contributed by atoms with van der Waals surface area (Å²) in [6.07, 6.45) is 4.20. The van der Waals surface area contributed by atoms with Gasteiger partial charge in [-0.25, -0.2) is 4.39 Å². The van der Waals surface area contributed by atoms with Gasteiger partial charge in [0.2, 0.25) is 0 Å². The Kier molecular flexibility index (Phi) is 5.03. The summed E-state index contributed by atoms with van der Waals surface area (Å²) < 4.78 is 19.0. The van der Waals surface area contributed by atoms with Gasteiger partial charge in [-0.3, -0.25) is 10.1 Å². The average Bonchev–Trinajstić information content (AvgIpc) is 2.45. The number of hydrogen-bond donors (Lipinski definition) is 1. The number of nitrogens with one attached hydrogen (secondary N) is 1. The first-order chi connectivity index (χ1) is 9.58. The Morgan fingerprint density at radius 2 is 2.05 bits per heavy atom. The number of nitro groups is 1. The molecule has 0 unspecified atom stereocenters. The van der Waals surface area contributed by atoms with Gasteiger partial charge in [-0.05, 0) is 44.4 Å². The first-order valence-corrected chi connectivity index (χ1v) is 6.81. The molecule has 1 aromatic rings. The van der Waals surface area contributed by atoms with Crippen LogP contribution in [0.2, 0.25) is 0 Å². The molecule has 1 aliphatic rings. The van der Waals surface area contributed by atoms with Crippen LogP contribution >= 0.6 is 0 Å². The zero-order chi connectivity index (χ0) is 14.5. The summed E-state index contributed by atoms with van der Waals surface area (Å²) in [5.41, 5.74) is 0.273. The second kappa shape index (κ2) is 6.76. The van der Waals surface area contributed by atoms with Gasteiger partial charge >= 0.3 is 0 Å². The van der Waals surface area contributed by atoms with E-state index in [4.69, 9.17) is 4.74 Å². The van der Waals surface area contributed by atoms with Gasteiger partial charge in [-0.15, -0.1) is 0 Å². The Hall–Kier alpha value is -1.53. The summed E-state index contributed by atoms with van der Waals surface area (Å²) >= 11 is 0. The fourth-order valence-electron chi connectivity index (χ4n) is 2.55. The van der Waals surface area contributed by atoms with E-state index < -0.39 is 10.7 Å². The number of rotatable bonds is 5. The van der Waals surface area contributed by atoms with Crippen LogP contribution in [-0.2, 0) is 11.3 Å². The molecule has 110 valence electrons. The van der Waals surface area contributed by atoms with Crippen LogP contribution in [-0.4, -0.2) is 24.1 Å². The predicted octanol–water partition coefficient (Wildman–Crippen LogP) is 2.78. The minimum Gasteiger partial charge on any atom is -0.374 e. The summed E-state index contributed by atoms with van der Waals surface area (Å²) in [5.74, 6) is -0.600. The van der Waals surface area contributed by atoms with Crippen LogP contribution in [0.4, 0.5) is 10.1 Å². The first kappa shape index (κ1) is 14.9. The lowest BCUT2D eigenvalue weighted by Crippen LogP contribution is -2.32. The minimum absolute atomic E-state index is 0.155. The van der Waals surface area contributed by atoms with E-state index in [1.807, 2.05) is 7.05 Å². The van der Waals surface area contributed by atoms with Gasteiger partial charge in [0, 0.05) is 12.1 Å². The van der Waals surface area contributed by atoms with Crippen molar-refractivity contribution in [2.75, 3.05) is 7.05 Å². The van der Waals surface area contributed by atoms with Crippen LogP contribution in [0, 0.1) is 15.9 Å². The third kappa shape index (κ3) is 3.98. The minimum atomic E-state index is -0.600. The van der Waals surface area contributed by atoms with Crippen molar-refractivity contribution in [3.05, 3.63) is 39.7 Å². The smallest absolute Gasteiger partial charge is 0.272 e. The van der Waals surface area contributed by atoms with Crippen LogP contribution in [0.3, 0.4) is 0 Å². The SMILES string of the molecule is CNC1CCC(OCc2cc(F)cc([N+](=O)[O-])c2)CC1. The lowest BCUT2D eigenvalue weighted by molar-refractivity contribution is -0.385. The molecule has 5 nitrogen and oxygen atoms in total. The molecule has 20 heavy (non-hydrogen) atoms. The molecular formula is C14H19FN2O3. The van der Waals surface area contributed by atoms with Gasteiger partial charge in [0.1, 0.15) is 5.82 Å². The molecule has 0 bridgehead atoms. The van der Waals surface area contributed by atoms with Crippen molar-refractivity contribution in [2.24, 2.45) is 0 Å². The van der Waals surface area contributed by atoms with Crippen LogP contribution in [0.1, 0.15) is 31.2 Å². The zero-order valence-electron chi connectivity index (χ0n) is 11.5. The molecule has 0 radical (unpaired) electrons. The quantitative estimate of drug-likeness (QED) is 0.666. The molecule has 0 aliphatic heterocycles. The number of hydrogen-bond acceptors (Lipinski definition) is 4. The Balaban J connectivity index is 1.89. The summed E-state index contributed by atoms with van der Waals surface area (Å²) in [6, 6.07) is 4.11. The normalized spacial score (nSPS) is 22.7. The molecule has 2 rings (SSSR count). The van der Waals surface area contributed by atoms with E-state index in [0.717, 1.165) is 31.7 Å². The Morgan fingerprint density at radius 1 is 1.35 bits per heavy atom. The topological polar surface area (TPSA) is 64.4 Å². The monoisotopic (exact) mass is 282 g/mol. The second-order valence-electron chi connectivity index (χ2n) is 5.15. The zero-order valence-corrected chi connectivity index (χ0v) is 11.5. The van der Waals surface area contributed by atoms with E-state index in [2.05, 4.69) is 5.32 Å². The molecule has 1 aliphatic carbocycles. The molecule has 0 saturated heterocycles. The molecule has 0 amide bonds. The van der Waals surface area contributed by atoms with Crippen LogP contribution in [0.25, 0.3) is 0 Å². The van der Waals surface area contributed by atoms with E-state index in [0.29, 0.717) is 11.6 Å². The Morgan fingerprint density at radius 3 is 2.65 bits per heavy atom. The maximum atomic E-state index is 13.3. The van der Waals surface area contributed by atoms with Crippen LogP contribution < -0.4 is 5.32 Å². The van der Waals surface area contributed by atoms with Gasteiger partial charge in [0.25, 0.3) is 5.69 Å². The lowest BCUT2D eigenvalue weighted by atomic mass is 9.93. The molecule has 1 aromatic carbocycles. The number of nitrogens with zero attached hydrogens (tertiary/aromatic N) is 1. The lowest BCUT2D eigenvalue weighted by Gasteiger charge is -2.28. The highest BCUT2D eigenvalue weighted by Crippen LogP contribution is 2.23. The van der Waals surface area contributed by atoms with Gasteiger partial charge in [-0.2, -0.15) is 0 Å². The first-order valence-electron chi connectivity index (χ1n) is 6.81. The van der Waals surface area contributed by atoms with Crippen molar-refractivity contribution in [1.29, 1.82) is 0 Å². The number of nitro benzene ring substituents is 1. The largest absolute Gasteiger partial charge is 0.374 e. The van der Waals surface area contributed by atoms with E-state index in [9.17, 15) is 14.5 Å². The molecule has 0 spiro atoms. The van der Waals surface area contributed by atoms with Gasteiger partial charge in [-0.1, -0.05) is 0 Å². The van der Waals surface area contributed by atoms with Crippen LogP contribution in [0.15, 0.2) is 18.2 Å². The summed E-state index contributed by atoms with van der Waals surface area (Å²) in [6.45, 7) is 0.216. The fraction of sp³-hybridized carbons (Fsp3) is 0.571. The van der Waals surface area contributed by atoms with Crippen molar-refractivity contribution >= 4 is 5.69 Å². The Bertz CT molecular complexity index is 473. The maximum absolute atomic E-state index is 13.3. The Labute approximate surface area is 117 Å². The molecule has 0 aromatic heterocycles. The summed E-state index contributed by atoms with van der Waals surface area (Å²) in [7, 11) is 1.96. The average molecular weight is 282 g/mol. The number of ether oxygens (including phenoxy) is 1. The van der Waals surface area contributed by atoms with Crippen LogP contribution in [0.5, 0.6) is 0 Å². The predicted molar refractivity (Wildman–Crippen MR) is 72.9 cm³/mol. The highest BCUT2D eigenvalue weighted by atomic mass is 19.1. The highest BCUT2D eigenvalue weighted by Gasteiger charge is 2.20. The molecule has 0 heterocycles. The molecule has 6 heteroatoms. The van der Waals surface area contributed by atoms with Gasteiger partial charge in [0.15, 0.2) is 0 Å². The van der Waals surface area contributed by atoms with E-state index in [1.54, 1.807) is 0 Å². The highest BCUT2D eigenvalue weighted by molar-refractivity contribution is 5.34. The van der Waals surface area contributed by atoms with Crippen molar-refractivity contribution in [2.45, 2.75) is 44.4 Å². The van der Waals surface area contributed by atoms with Crippen molar-refractivity contribution in [3.8, 4) is 0 Å². The number of non-ortho nitro benzene ring substituents is 1. The van der Waals surface area contributed by atoms with Gasteiger partial charge < -0.3 is 10.1 Å². The van der Waals surface area contributed by atoms with Gasteiger partial charge in [0.05, 0.1) is 23.7 Å². The molecular weight excluding hydrogens is 263 g/mol. The molecule has 1 fully saturated rings.